The number of aryl methyl sites for hydroxylation is 1. The summed E-state index contributed by atoms with van der Waals surface area (Å²) in [6.07, 6.45) is -0.347. The van der Waals surface area contributed by atoms with Crippen LogP contribution in [-0.2, 0) is 4.74 Å². The Balaban J connectivity index is 1.76. The quantitative estimate of drug-likeness (QED) is 0.852. The molecule has 0 aliphatic carbocycles. The Morgan fingerprint density at radius 2 is 2.27 bits per heavy atom. The van der Waals surface area contributed by atoms with E-state index in [9.17, 15) is 9.18 Å². The number of hydrogen-bond donors (Lipinski definition) is 0. The van der Waals surface area contributed by atoms with Gasteiger partial charge in [0.15, 0.2) is 0 Å². The summed E-state index contributed by atoms with van der Waals surface area (Å²) in [7, 11) is 0. The summed E-state index contributed by atoms with van der Waals surface area (Å²) in [5.74, 6) is -0.510. The summed E-state index contributed by atoms with van der Waals surface area (Å²) in [5, 5.41) is 3.76. The molecule has 0 N–H and O–H groups in total. The third-order valence-electron chi connectivity index (χ3n) is 3.51. The van der Waals surface area contributed by atoms with Crippen LogP contribution in [0.4, 0.5) is 4.39 Å². The maximum Gasteiger partial charge on any atom is 0.292 e. The number of carbonyl (C=O) groups excluding carboxylic acids is 1. The van der Waals surface area contributed by atoms with Crippen LogP contribution < -0.4 is 0 Å². The topological polar surface area (TPSA) is 55.6 Å². The summed E-state index contributed by atoms with van der Waals surface area (Å²) in [4.78, 5) is 14.0. The highest BCUT2D eigenvalue weighted by molar-refractivity contribution is 6.30. The molecule has 5 nitrogen and oxygen atoms in total. The highest BCUT2D eigenvalue weighted by Gasteiger charge is 2.28. The fraction of sp³-hybridized carbons (Fsp3) is 0.333. The normalized spacial score (nSPS) is 18.5. The van der Waals surface area contributed by atoms with E-state index in [1.807, 2.05) is 0 Å². The minimum Gasteiger partial charge on any atom is -0.370 e. The van der Waals surface area contributed by atoms with Crippen LogP contribution in [0.3, 0.4) is 0 Å². The molecule has 22 heavy (non-hydrogen) atoms. The van der Waals surface area contributed by atoms with E-state index in [2.05, 4.69) is 5.16 Å². The van der Waals surface area contributed by atoms with Gasteiger partial charge in [-0.15, -0.1) is 0 Å². The highest BCUT2D eigenvalue weighted by Crippen LogP contribution is 2.26. The lowest BCUT2D eigenvalue weighted by Gasteiger charge is -2.32. The van der Waals surface area contributed by atoms with Crippen LogP contribution in [0.15, 0.2) is 28.8 Å². The first-order valence-electron chi connectivity index (χ1n) is 6.84. The van der Waals surface area contributed by atoms with Gasteiger partial charge in [-0.2, -0.15) is 0 Å². The zero-order chi connectivity index (χ0) is 15.7. The van der Waals surface area contributed by atoms with E-state index in [4.69, 9.17) is 20.9 Å². The standard InChI is InChI=1S/C15H14ClFN2O3/c1-9-6-13(22-18-9)15(20)19-4-5-21-14(8-19)10-2-3-12(17)11(16)7-10/h2-3,6-7,14H,4-5,8H2,1H3. The van der Waals surface area contributed by atoms with Crippen molar-refractivity contribution in [2.45, 2.75) is 13.0 Å². The molecular formula is C15H14ClFN2O3. The SMILES string of the molecule is Cc1cc(C(=O)N2CCOC(c3ccc(F)c(Cl)c3)C2)on1. The van der Waals surface area contributed by atoms with Crippen LogP contribution in [-0.4, -0.2) is 35.7 Å². The van der Waals surface area contributed by atoms with Crippen LogP contribution in [0.5, 0.6) is 0 Å². The van der Waals surface area contributed by atoms with Gasteiger partial charge in [0.1, 0.15) is 11.9 Å². The molecule has 0 radical (unpaired) electrons. The second kappa shape index (κ2) is 6.06. The number of halogens is 2. The molecule has 1 saturated heterocycles. The number of benzene rings is 1. The molecule has 1 aromatic heterocycles. The number of morpholine rings is 1. The zero-order valence-electron chi connectivity index (χ0n) is 11.9. The van der Waals surface area contributed by atoms with Gasteiger partial charge >= 0.3 is 0 Å². The molecule has 7 heteroatoms. The molecule has 1 unspecified atom stereocenters. The number of amides is 1. The summed E-state index contributed by atoms with van der Waals surface area (Å²) < 4.78 is 23.9. The fourth-order valence-electron chi connectivity index (χ4n) is 2.37. The molecule has 1 aliphatic rings. The van der Waals surface area contributed by atoms with Crippen molar-refractivity contribution in [2.24, 2.45) is 0 Å². The molecule has 1 aromatic carbocycles. The Kier molecular flexibility index (Phi) is 4.13. The van der Waals surface area contributed by atoms with Gasteiger partial charge in [0.2, 0.25) is 5.76 Å². The average Bonchev–Trinajstić information content (AvgIpc) is 2.96. The van der Waals surface area contributed by atoms with Crippen molar-refractivity contribution in [2.75, 3.05) is 19.7 Å². The van der Waals surface area contributed by atoms with E-state index in [1.165, 1.54) is 12.1 Å². The van der Waals surface area contributed by atoms with Crippen molar-refractivity contribution in [3.05, 3.63) is 52.1 Å². The van der Waals surface area contributed by atoms with Gasteiger partial charge in [0.05, 0.1) is 23.9 Å². The first-order valence-corrected chi connectivity index (χ1v) is 7.21. The monoisotopic (exact) mass is 324 g/mol. The van der Waals surface area contributed by atoms with E-state index in [0.29, 0.717) is 25.4 Å². The summed E-state index contributed by atoms with van der Waals surface area (Å²) in [6.45, 7) is 2.95. The molecule has 2 aromatic rings. The van der Waals surface area contributed by atoms with E-state index < -0.39 is 5.82 Å². The van der Waals surface area contributed by atoms with Gasteiger partial charge in [-0.25, -0.2) is 4.39 Å². The van der Waals surface area contributed by atoms with Crippen molar-refractivity contribution in [1.82, 2.24) is 10.1 Å². The van der Waals surface area contributed by atoms with Gasteiger partial charge in [-0.05, 0) is 24.6 Å². The van der Waals surface area contributed by atoms with Gasteiger partial charge in [-0.3, -0.25) is 4.79 Å². The second-order valence-electron chi connectivity index (χ2n) is 5.12. The van der Waals surface area contributed by atoms with Crippen LogP contribution in [0.1, 0.15) is 27.9 Å². The molecule has 1 fully saturated rings. The molecule has 3 rings (SSSR count). The number of nitrogens with zero attached hydrogens (tertiary/aromatic N) is 2. The lowest BCUT2D eigenvalue weighted by molar-refractivity contribution is -0.0240. The van der Waals surface area contributed by atoms with Gasteiger partial charge in [-0.1, -0.05) is 22.8 Å². The Bertz CT molecular complexity index is 704. The zero-order valence-corrected chi connectivity index (χ0v) is 12.6. The van der Waals surface area contributed by atoms with E-state index >= 15 is 0 Å². The minimum atomic E-state index is -0.480. The summed E-state index contributed by atoms with van der Waals surface area (Å²) in [5.41, 5.74) is 1.39. The van der Waals surface area contributed by atoms with Crippen LogP contribution >= 0.6 is 11.6 Å². The third-order valence-corrected chi connectivity index (χ3v) is 3.80. The Hall–Kier alpha value is -1.92. The third kappa shape index (κ3) is 2.98. The van der Waals surface area contributed by atoms with E-state index in [0.717, 1.165) is 5.56 Å². The number of hydrogen-bond acceptors (Lipinski definition) is 4. The van der Waals surface area contributed by atoms with Crippen molar-refractivity contribution < 1.29 is 18.4 Å². The smallest absolute Gasteiger partial charge is 0.292 e. The molecule has 0 spiro atoms. The van der Waals surface area contributed by atoms with Crippen molar-refractivity contribution in [3.8, 4) is 0 Å². The number of carbonyl (C=O) groups is 1. The fourth-order valence-corrected chi connectivity index (χ4v) is 2.56. The maximum absolute atomic E-state index is 13.2. The molecule has 1 aliphatic heterocycles. The summed E-state index contributed by atoms with van der Waals surface area (Å²) in [6, 6.07) is 6.02. The largest absolute Gasteiger partial charge is 0.370 e. The number of aromatic nitrogens is 1. The second-order valence-corrected chi connectivity index (χ2v) is 5.52. The first-order chi connectivity index (χ1) is 10.5. The van der Waals surface area contributed by atoms with Crippen LogP contribution in [0.2, 0.25) is 5.02 Å². The Labute approximate surface area is 131 Å². The molecule has 0 bridgehead atoms. The highest BCUT2D eigenvalue weighted by atomic mass is 35.5. The maximum atomic E-state index is 13.2. The Morgan fingerprint density at radius 1 is 1.45 bits per heavy atom. The molecule has 116 valence electrons. The number of ether oxygens (including phenoxy) is 1. The van der Waals surface area contributed by atoms with Gasteiger partial charge in [0, 0.05) is 12.6 Å². The number of rotatable bonds is 2. The Morgan fingerprint density at radius 3 is 2.95 bits per heavy atom. The van der Waals surface area contributed by atoms with Gasteiger partial charge < -0.3 is 14.2 Å². The van der Waals surface area contributed by atoms with E-state index in [1.54, 1.807) is 24.0 Å². The van der Waals surface area contributed by atoms with E-state index in [-0.39, 0.29) is 22.8 Å². The lowest BCUT2D eigenvalue weighted by atomic mass is 10.1. The summed E-state index contributed by atoms with van der Waals surface area (Å²) >= 11 is 5.80. The minimum absolute atomic E-state index is 0.0374. The van der Waals surface area contributed by atoms with Crippen molar-refractivity contribution in [3.63, 3.8) is 0 Å². The van der Waals surface area contributed by atoms with Crippen molar-refractivity contribution in [1.29, 1.82) is 0 Å². The average molecular weight is 325 g/mol. The predicted octanol–water partition coefficient (Wildman–Crippen LogP) is 2.99. The molecule has 2 heterocycles. The van der Waals surface area contributed by atoms with Crippen LogP contribution in [0, 0.1) is 12.7 Å². The lowest BCUT2D eigenvalue weighted by Crippen LogP contribution is -2.42. The molecule has 1 amide bonds. The molecule has 1 atom stereocenters. The first kappa shape index (κ1) is 15.0. The van der Waals surface area contributed by atoms with Crippen molar-refractivity contribution >= 4 is 17.5 Å². The van der Waals surface area contributed by atoms with Gasteiger partial charge in [0.25, 0.3) is 5.91 Å². The molecule has 0 saturated carbocycles. The predicted molar refractivity (Wildman–Crippen MR) is 77.2 cm³/mol. The molecular weight excluding hydrogens is 311 g/mol. The van der Waals surface area contributed by atoms with Crippen LogP contribution in [0.25, 0.3) is 0 Å².